The molecule has 0 heterocycles. The van der Waals surface area contributed by atoms with E-state index in [2.05, 4.69) is 16.0 Å². The average molecular weight is 408 g/mol. The number of rotatable bonds is 8. The molecule has 1 atom stereocenters. The summed E-state index contributed by atoms with van der Waals surface area (Å²) in [6.07, 6.45) is 8.58. The molecule has 4 bridgehead atoms. The van der Waals surface area contributed by atoms with Crippen molar-refractivity contribution in [1.82, 2.24) is 16.0 Å². The van der Waals surface area contributed by atoms with Crippen molar-refractivity contribution >= 4 is 23.8 Å². The Hall–Kier alpha value is -2.12. The Bertz CT molecular complexity index is 627. The minimum absolute atomic E-state index is 0.0606. The van der Waals surface area contributed by atoms with Crippen LogP contribution in [0.25, 0.3) is 0 Å². The van der Waals surface area contributed by atoms with Gasteiger partial charge in [-0.05, 0) is 75.0 Å². The van der Waals surface area contributed by atoms with Crippen molar-refractivity contribution in [2.75, 3.05) is 13.2 Å². The van der Waals surface area contributed by atoms with Crippen molar-refractivity contribution in [3.63, 3.8) is 0 Å². The Morgan fingerprint density at radius 3 is 2.14 bits per heavy atom. The van der Waals surface area contributed by atoms with Crippen LogP contribution in [0.3, 0.4) is 0 Å². The number of hydrogen-bond donors (Lipinski definition) is 3. The standard InChI is InChI=1S/C21H33N3O5/c1-3-13(2)23-20(28)24-18(26)12-29-19(27)11-22-17(25)10-21-7-14-4-15(8-21)6-16(5-14)9-21/h13-16H,3-12H2,1-2H3,(H,22,25)(H2,23,24,26,28)/t13-,14?,15?,16?,21?/m0/s1. The molecule has 4 aliphatic rings. The van der Waals surface area contributed by atoms with Crippen molar-refractivity contribution in [3.8, 4) is 0 Å². The van der Waals surface area contributed by atoms with E-state index in [1.165, 1.54) is 19.3 Å². The van der Waals surface area contributed by atoms with Gasteiger partial charge >= 0.3 is 12.0 Å². The molecule has 0 aliphatic heterocycles. The summed E-state index contributed by atoms with van der Waals surface area (Å²) < 4.78 is 4.83. The second-order valence-corrected chi connectivity index (χ2v) is 9.36. The third-order valence-corrected chi connectivity index (χ3v) is 6.74. The molecule has 4 saturated carbocycles. The summed E-state index contributed by atoms with van der Waals surface area (Å²) >= 11 is 0. The Labute approximate surface area is 171 Å². The number of nitrogens with one attached hydrogen (secondary N) is 3. The van der Waals surface area contributed by atoms with Crippen LogP contribution in [0.4, 0.5) is 4.79 Å². The van der Waals surface area contributed by atoms with Crippen LogP contribution in [-0.4, -0.2) is 43.0 Å². The summed E-state index contributed by atoms with van der Waals surface area (Å²) in [6, 6.07) is -0.682. The molecule has 8 heteroatoms. The first kappa shape index (κ1) is 21.6. The molecule has 162 valence electrons. The lowest BCUT2D eigenvalue weighted by Crippen LogP contribution is -2.48. The Morgan fingerprint density at radius 2 is 1.59 bits per heavy atom. The minimum Gasteiger partial charge on any atom is -0.454 e. The fourth-order valence-corrected chi connectivity index (χ4v) is 5.80. The number of hydrogen-bond acceptors (Lipinski definition) is 5. The topological polar surface area (TPSA) is 114 Å². The Balaban J connectivity index is 1.33. The van der Waals surface area contributed by atoms with E-state index in [0.717, 1.165) is 43.4 Å². The molecule has 0 aromatic carbocycles. The molecule has 4 aliphatic carbocycles. The predicted octanol–water partition coefficient (Wildman–Crippen LogP) is 1.88. The highest BCUT2D eigenvalue weighted by atomic mass is 16.5. The van der Waals surface area contributed by atoms with Gasteiger partial charge < -0.3 is 15.4 Å². The summed E-state index contributed by atoms with van der Waals surface area (Å²) in [5, 5.41) is 7.31. The van der Waals surface area contributed by atoms with E-state index in [0.29, 0.717) is 6.42 Å². The van der Waals surface area contributed by atoms with Crippen LogP contribution < -0.4 is 16.0 Å². The highest BCUT2D eigenvalue weighted by molar-refractivity contribution is 5.95. The van der Waals surface area contributed by atoms with Crippen molar-refractivity contribution in [1.29, 1.82) is 0 Å². The van der Waals surface area contributed by atoms with Gasteiger partial charge in [-0.15, -0.1) is 0 Å². The first-order valence-corrected chi connectivity index (χ1v) is 10.8. The summed E-state index contributed by atoms with van der Waals surface area (Å²) in [4.78, 5) is 47.4. The van der Waals surface area contributed by atoms with E-state index in [9.17, 15) is 19.2 Å². The van der Waals surface area contributed by atoms with Crippen LogP contribution in [0.1, 0.15) is 65.2 Å². The lowest BCUT2D eigenvalue weighted by atomic mass is 9.49. The fraction of sp³-hybridized carbons (Fsp3) is 0.810. The lowest BCUT2D eigenvalue weighted by Gasteiger charge is -2.56. The summed E-state index contributed by atoms with van der Waals surface area (Å²) in [7, 11) is 0. The van der Waals surface area contributed by atoms with E-state index < -0.39 is 24.5 Å². The maximum absolute atomic E-state index is 12.4. The van der Waals surface area contributed by atoms with Gasteiger partial charge in [0.1, 0.15) is 6.54 Å². The lowest BCUT2D eigenvalue weighted by molar-refractivity contribution is -0.148. The van der Waals surface area contributed by atoms with Crippen molar-refractivity contribution in [2.45, 2.75) is 71.3 Å². The number of imide groups is 1. The van der Waals surface area contributed by atoms with Crippen LogP contribution in [0.2, 0.25) is 0 Å². The molecule has 4 amide bonds. The van der Waals surface area contributed by atoms with Crippen molar-refractivity contribution in [2.24, 2.45) is 23.2 Å². The highest BCUT2D eigenvalue weighted by Gasteiger charge is 2.51. The van der Waals surface area contributed by atoms with Gasteiger partial charge in [0.25, 0.3) is 5.91 Å². The molecule has 0 radical (unpaired) electrons. The fourth-order valence-electron chi connectivity index (χ4n) is 5.80. The monoisotopic (exact) mass is 407 g/mol. The number of esters is 1. The molecule has 4 rings (SSSR count). The zero-order valence-corrected chi connectivity index (χ0v) is 17.4. The van der Waals surface area contributed by atoms with Crippen LogP contribution in [0.15, 0.2) is 0 Å². The van der Waals surface area contributed by atoms with Gasteiger partial charge in [0.2, 0.25) is 5.91 Å². The number of carbonyl (C=O) groups excluding carboxylic acids is 4. The van der Waals surface area contributed by atoms with E-state index in [4.69, 9.17) is 4.74 Å². The first-order valence-electron chi connectivity index (χ1n) is 10.8. The van der Waals surface area contributed by atoms with Gasteiger partial charge in [0.15, 0.2) is 6.61 Å². The molecule has 3 N–H and O–H groups in total. The SMILES string of the molecule is CC[C@H](C)NC(=O)NC(=O)COC(=O)CNC(=O)CC12CC3CC(CC(C3)C1)C2. The average Bonchev–Trinajstić information content (AvgIpc) is 2.63. The van der Waals surface area contributed by atoms with Gasteiger partial charge in [0, 0.05) is 12.5 Å². The normalized spacial score (nSPS) is 30.3. The zero-order valence-electron chi connectivity index (χ0n) is 17.4. The smallest absolute Gasteiger partial charge is 0.325 e. The van der Waals surface area contributed by atoms with E-state index in [1.54, 1.807) is 0 Å². The molecule has 8 nitrogen and oxygen atoms in total. The van der Waals surface area contributed by atoms with Crippen LogP contribution in [-0.2, 0) is 19.1 Å². The molecule has 4 fully saturated rings. The third kappa shape index (κ3) is 5.93. The summed E-state index contributed by atoms with van der Waals surface area (Å²) in [5.41, 5.74) is 0.117. The molecular weight excluding hydrogens is 374 g/mol. The maximum atomic E-state index is 12.4. The van der Waals surface area contributed by atoms with E-state index in [1.807, 2.05) is 13.8 Å². The summed E-state index contributed by atoms with van der Waals surface area (Å²) in [6.45, 7) is 2.90. The number of carbonyl (C=O) groups is 4. The van der Waals surface area contributed by atoms with Gasteiger partial charge in [-0.3, -0.25) is 19.7 Å². The second kappa shape index (κ2) is 9.13. The van der Waals surface area contributed by atoms with E-state index >= 15 is 0 Å². The van der Waals surface area contributed by atoms with Crippen molar-refractivity contribution in [3.05, 3.63) is 0 Å². The van der Waals surface area contributed by atoms with E-state index in [-0.39, 0.29) is 23.9 Å². The summed E-state index contributed by atoms with van der Waals surface area (Å²) in [5.74, 6) is 0.793. The van der Waals surface area contributed by atoms with Crippen molar-refractivity contribution < 1.29 is 23.9 Å². The molecular formula is C21H33N3O5. The minimum atomic E-state index is -0.709. The third-order valence-electron chi connectivity index (χ3n) is 6.74. The maximum Gasteiger partial charge on any atom is 0.325 e. The molecule has 0 aromatic rings. The molecule has 0 aromatic heterocycles. The number of ether oxygens (including phenoxy) is 1. The first-order chi connectivity index (χ1) is 13.8. The molecule has 29 heavy (non-hydrogen) atoms. The zero-order chi connectivity index (χ0) is 21.0. The van der Waals surface area contributed by atoms with Crippen LogP contribution >= 0.6 is 0 Å². The Morgan fingerprint density at radius 1 is 1.00 bits per heavy atom. The number of amides is 4. The molecule has 0 unspecified atom stereocenters. The van der Waals surface area contributed by atoms with Gasteiger partial charge in [-0.1, -0.05) is 6.92 Å². The largest absolute Gasteiger partial charge is 0.454 e. The van der Waals surface area contributed by atoms with Gasteiger partial charge in [-0.2, -0.15) is 0 Å². The molecule has 0 spiro atoms. The van der Waals surface area contributed by atoms with Gasteiger partial charge in [0.05, 0.1) is 0 Å². The van der Waals surface area contributed by atoms with Crippen LogP contribution in [0, 0.1) is 23.2 Å². The second-order valence-electron chi connectivity index (χ2n) is 9.36. The van der Waals surface area contributed by atoms with Gasteiger partial charge in [-0.25, -0.2) is 4.79 Å². The quantitative estimate of drug-likeness (QED) is 0.532. The molecule has 0 saturated heterocycles. The predicted molar refractivity (Wildman–Crippen MR) is 106 cm³/mol. The highest BCUT2D eigenvalue weighted by Crippen LogP contribution is 2.61. The Kier molecular flexibility index (Phi) is 6.80. The van der Waals surface area contributed by atoms with Crippen LogP contribution in [0.5, 0.6) is 0 Å². The number of urea groups is 1.